The van der Waals surface area contributed by atoms with Crippen molar-refractivity contribution in [2.24, 2.45) is 5.92 Å². The third kappa shape index (κ3) is 10.4. The predicted molar refractivity (Wildman–Crippen MR) is 112 cm³/mol. The van der Waals surface area contributed by atoms with Gasteiger partial charge >= 0.3 is 23.9 Å². The van der Waals surface area contributed by atoms with Gasteiger partial charge in [-0.3, -0.25) is 0 Å². The zero-order chi connectivity index (χ0) is 24.2. The van der Waals surface area contributed by atoms with Crippen molar-refractivity contribution in [2.75, 3.05) is 13.2 Å². The molecule has 9 nitrogen and oxygen atoms in total. The Kier molecular flexibility index (Phi) is 12.6. The van der Waals surface area contributed by atoms with Gasteiger partial charge in [0.15, 0.2) is 0 Å². The molecule has 0 aromatic rings. The van der Waals surface area contributed by atoms with Crippen molar-refractivity contribution >= 4 is 17.9 Å². The summed E-state index contributed by atoms with van der Waals surface area (Å²) in [7, 11) is 0. The second-order valence-electron chi connectivity index (χ2n) is 7.48. The number of carbonyl (C=O) groups excluding carboxylic acids is 3. The van der Waals surface area contributed by atoms with Gasteiger partial charge in [0, 0.05) is 29.9 Å². The summed E-state index contributed by atoms with van der Waals surface area (Å²) >= 11 is 0. The van der Waals surface area contributed by atoms with Crippen molar-refractivity contribution in [2.45, 2.75) is 65.0 Å². The van der Waals surface area contributed by atoms with E-state index in [-0.39, 0.29) is 42.3 Å². The Morgan fingerprint density at radius 1 is 0.806 bits per heavy atom. The Morgan fingerprint density at radius 2 is 1.19 bits per heavy atom. The Labute approximate surface area is 183 Å². The standard InChI is InChI=1S/C22H34O9/c1-14(2)19(25)29-18(13-17(9-7-11-23)10-8-12-24)22(28,30-20(26)15(3)4)31-21(27)16(5)6/h17-18,23-24,28H,1,3,5,7-13H2,2,4,6H3. The van der Waals surface area contributed by atoms with Gasteiger partial charge in [-0.15, -0.1) is 0 Å². The number of esters is 3. The van der Waals surface area contributed by atoms with E-state index >= 15 is 0 Å². The van der Waals surface area contributed by atoms with Gasteiger partial charge in [-0.25, -0.2) is 14.4 Å². The molecule has 176 valence electrons. The van der Waals surface area contributed by atoms with Crippen LogP contribution in [0.15, 0.2) is 36.5 Å². The highest BCUT2D eigenvalue weighted by atomic mass is 16.9. The number of hydrogen-bond acceptors (Lipinski definition) is 9. The molecule has 0 aliphatic rings. The number of hydrogen-bond donors (Lipinski definition) is 3. The summed E-state index contributed by atoms with van der Waals surface area (Å²) in [6, 6.07) is 0. The molecule has 0 radical (unpaired) electrons. The molecule has 3 N–H and O–H groups in total. The minimum absolute atomic E-state index is 0.00655. The second kappa shape index (κ2) is 13.7. The lowest BCUT2D eigenvalue weighted by Gasteiger charge is -2.35. The van der Waals surface area contributed by atoms with E-state index in [4.69, 9.17) is 24.4 Å². The minimum Gasteiger partial charge on any atom is -0.448 e. The van der Waals surface area contributed by atoms with Crippen LogP contribution in [0.4, 0.5) is 0 Å². The summed E-state index contributed by atoms with van der Waals surface area (Å²) in [5, 5.41) is 29.4. The van der Waals surface area contributed by atoms with Crippen LogP contribution in [0.1, 0.15) is 52.9 Å². The average Bonchev–Trinajstić information content (AvgIpc) is 2.68. The van der Waals surface area contributed by atoms with E-state index in [1.54, 1.807) is 0 Å². The molecule has 0 fully saturated rings. The first-order valence-electron chi connectivity index (χ1n) is 9.96. The first-order chi connectivity index (χ1) is 14.4. The summed E-state index contributed by atoms with van der Waals surface area (Å²) in [6.07, 6.45) is 0.0144. The van der Waals surface area contributed by atoms with Crippen LogP contribution in [-0.2, 0) is 28.6 Å². The molecule has 0 aromatic heterocycles. The fourth-order valence-electron chi connectivity index (χ4n) is 2.54. The first kappa shape index (κ1) is 28.5. The molecule has 0 heterocycles. The Bertz CT molecular complexity index is 644. The third-order valence-electron chi connectivity index (χ3n) is 4.27. The van der Waals surface area contributed by atoms with Crippen LogP contribution in [0.25, 0.3) is 0 Å². The van der Waals surface area contributed by atoms with E-state index in [0.717, 1.165) is 0 Å². The lowest BCUT2D eigenvalue weighted by molar-refractivity contribution is -0.360. The number of ether oxygens (including phenoxy) is 3. The van der Waals surface area contributed by atoms with E-state index in [9.17, 15) is 19.5 Å². The van der Waals surface area contributed by atoms with Gasteiger partial charge in [-0.05, 0) is 58.8 Å². The second-order valence-corrected chi connectivity index (χ2v) is 7.48. The zero-order valence-corrected chi connectivity index (χ0v) is 18.5. The lowest BCUT2D eigenvalue weighted by Crippen LogP contribution is -2.53. The van der Waals surface area contributed by atoms with Crippen molar-refractivity contribution in [3.8, 4) is 0 Å². The van der Waals surface area contributed by atoms with Crippen LogP contribution in [0.2, 0.25) is 0 Å². The van der Waals surface area contributed by atoms with E-state index in [1.807, 2.05) is 0 Å². The van der Waals surface area contributed by atoms with Gasteiger partial charge in [0.2, 0.25) is 6.10 Å². The predicted octanol–water partition coefficient (Wildman–Crippen LogP) is 1.91. The van der Waals surface area contributed by atoms with Crippen LogP contribution in [0.3, 0.4) is 0 Å². The SMILES string of the molecule is C=C(C)C(=O)OC(CC(CCCO)CCCO)C(O)(OC(=O)C(=C)C)OC(=O)C(=C)C. The summed E-state index contributed by atoms with van der Waals surface area (Å²) in [5.74, 6) is -6.29. The number of aliphatic hydroxyl groups is 3. The molecule has 0 saturated heterocycles. The van der Waals surface area contributed by atoms with Gasteiger partial charge < -0.3 is 29.5 Å². The van der Waals surface area contributed by atoms with Crippen molar-refractivity contribution in [3.05, 3.63) is 36.5 Å². The van der Waals surface area contributed by atoms with Crippen LogP contribution in [0.5, 0.6) is 0 Å². The maximum atomic E-state index is 12.2. The maximum Gasteiger partial charge on any atom is 0.413 e. The van der Waals surface area contributed by atoms with Gasteiger partial charge in [-0.1, -0.05) is 19.7 Å². The lowest BCUT2D eigenvalue weighted by atomic mass is 9.91. The van der Waals surface area contributed by atoms with Crippen LogP contribution < -0.4 is 0 Å². The van der Waals surface area contributed by atoms with E-state index in [1.165, 1.54) is 20.8 Å². The zero-order valence-electron chi connectivity index (χ0n) is 18.5. The summed E-state index contributed by atoms with van der Waals surface area (Å²) in [6.45, 7) is 14.2. The molecule has 0 rings (SSSR count). The van der Waals surface area contributed by atoms with Crippen molar-refractivity contribution in [3.63, 3.8) is 0 Å². The summed E-state index contributed by atoms with van der Waals surface area (Å²) in [4.78, 5) is 36.5. The van der Waals surface area contributed by atoms with Crippen LogP contribution in [-0.4, -0.2) is 58.5 Å². The number of rotatable bonds is 15. The fraction of sp³-hybridized carbons (Fsp3) is 0.591. The smallest absolute Gasteiger partial charge is 0.413 e. The Hall–Kier alpha value is -2.49. The number of aliphatic hydroxyl groups excluding tert-OH is 2. The molecule has 31 heavy (non-hydrogen) atoms. The van der Waals surface area contributed by atoms with Gasteiger partial charge in [0.05, 0.1) is 0 Å². The monoisotopic (exact) mass is 442 g/mol. The van der Waals surface area contributed by atoms with Gasteiger partial charge in [-0.2, -0.15) is 0 Å². The minimum atomic E-state index is -2.96. The molecule has 0 amide bonds. The normalized spacial score (nSPS) is 12.1. The Balaban J connectivity index is 6.13. The van der Waals surface area contributed by atoms with E-state index in [0.29, 0.717) is 25.7 Å². The largest absolute Gasteiger partial charge is 0.448 e. The van der Waals surface area contributed by atoms with Crippen molar-refractivity contribution in [1.82, 2.24) is 0 Å². The quantitative estimate of drug-likeness (QED) is 0.197. The first-order valence-corrected chi connectivity index (χ1v) is 9.96. The van der Waals surface area contributed by atoms with Crippen LogP contribution in [0, 0.1) is 5.92 Å². The number of carbonyl (C=O) groups is 3. The van der Waals surface area contributed by atoms with E-state index in [2.05, 4.69) is 19.7 Å². The molecule has 0 aromatic carbocycles. The highest BCUT2D eigenvalue weighted by Crippen LogP contribution is 2.30. The highest BCUT2D eigenvalue weighted by Gasteiger charge is 2.49. The van der Waals surface area contributed by atoms with E-state index < -0.39 is 30.0 Å². The molecular weight excluding hydrogens is 408 g/mol. The molecule has 9 heteroatoms. The molecule has 1 unspecified atom stereocenters. The van der Waals surface area contributed by atoms with Crippen LogP contribution >= 0.6 is 0 Å². The molecule has 1 atom stereocenters. The fourth-order valence-corrected chi connectivity index (χ4v) is 2.54. The third-order valence-corrected chi connectivity index (χ3v) is 4.27. The van der Waals surface area contributed by atoms with Crippen molar-refractivity contribution < 1.29 is 43.9 Å². The average molecular weight is 443 g/mol. The molecule has 0 aliphatic carbocycles. The maximum absolute atomic E-state index is 12.2. The molecule has 0 bridgehead atoms. The molecule has 0 aliphatic heterocycles. The summed E-state index contributed by atoms with van der Waals surface area (Å²) in [5.41, 5.74) is -0.175. The van der Waals surface area contributed by atoms with Crippen molar-refractivity contribution in [1.29, 1.82) is 0 Å². The molecule has 0 saturated carbocycles. The highest BCUT2D eigenvalue weighted by molar-refractivity contribution is 5.89. The van der Waals surface area contributed by atoms with Gasteiger partial charge in [0.1, 0.15) is 0 Å². The molecular formula is C22H34O9. The van der Waals surface area contributed by atoms with Gasteiger partial charge in [0.25, 0.3) is 0 Å². The topological polar surface area (TPSA) is 140 Å². The Morgan fingerprint density at radius 3 is 1.52 bits per heavy atom. The summed E-state index contributed by atoms with van der Waals surface area (Å²) < 4.78 is 15.3. The molecule has 0 spiro atoms.